The molecule has 2 aromatic rings. The van der Waals surface area contributed by atoms with Gasteiger partial charge in [0.25, 0.3) is 0 Å². The van der Waals surface area contributed by atoms with Crippen molar-refractivity contribution in [3.8, 4) is 0 Å². The van der Waals surface area contributed by atoms with Crippen LogP contribution < -0.4 is 10.6 Å². The third-order valence-corrected chi connectivity index (χ3v) is 3.73. The van der Waals surface area contributed by atoms with Crippen LogP contribution in [0.4, 0.5) is 17.3 Å². The molecule has 0 aliphatic carbocycles. The molecule has 0 aliphatic rings. The molecule has 0 amide bonds. The van der Waals surface area contributed by atoms with Gasteiger partial charge in [0, 0.05) is 18.3 Å². The molecule has 0 fully saturated rings. The Morgan fingerprint density at radius 2 is 1.77 bits per heavy atom. The Hall–Kier alpha value is -2.10. The summed E-state index contributed by atoms with van der Waals surface area (Å²) in [6.07, 6.45) is 1.13. The zero-order valence-electron chi connectivity index (χ0n) is 14.2. The number of rotatable bonds is 6. The minimum atomic E-state index is 0.683. The van der Waals surface area contributed by atoms with Gasteiger partial charge in [-0.2, -0.15) is 0 Å². The molecule has 0 spiro atoms. The molecule has 1 aromatic heterocycles. The van der Waals surface area contributed by atoms with E-state index in [-0.39, 0.29) is 0 Å². The van der Waals surface area contributed by atoms with Gasteiger partial charge in [0.1, 0.15) is 17.5 Å². The summed E-state index contributed by atoms with van der Waals surface area (Å²) in [5, 5.41) is 6.78. The van der Waals surface area contributed by atoms with Gasteiger partial charge in [0.2, 0.25) is 0 Å². The second kappa shape index (κ2) is 7.25. The lowest BCUT2D eigenvalue weighted by molar-refractivity contribution is 0.606. The molecule has 1 heterocycles. The molecule has 118 valence electrons. The molecule has 2 rings (SSSR count). The number of aryl methyl sites for hydroxylation is 2. The quantitative estimate of drug-likeness (QED) is 0.818. The lowest BCUT2D eigenvalue weighted by Gasteiger charge is -2.13. The zero-order chi connectivity index (χ0) is 16.1. The number of nitrogens with zero attached hydrogens (tertiary/aromatic N) is 2. The van der Waals surface area contributed by atoms with Crippen LogP contribution >= 0.6 is 0 Å². The molecular weight excluding hydrogens is 272 g/mol. The highest BCUT2D eigenvalue weighted by Gasteiger charge is 2.05. The summed E-state index contributed by atoms with van der Waals surface area (Å²) in [4.78, 5) is 8.93. The van der Waals surface area contributed by atoms with Crippen molar-refractivity contribution in [3.05, 3.63) is 41.2 Å². The van der Waals surface area contributed by atoms with Gasteiger partial charge in [0.05, 0.1) is 0 Å². The second-order valence-corrected chi connectivity index (χ2v) is 6.17. The minimum Gasteiger partial charge on any atom is -0.370 e. The molecule has 0 aliphatic heterocycles. The van der Waals surface area contributed by atoms with E-state index < -0.39 is 0 Å². The van der Waals surface area contributed by atoms with Crippen LogP contribution in [0.3, 0.4) is 0 Å². The molecule has 0 radical (unpaired) electrons. The van der Waals surface area contributed by atoms with Crippen molar-refractivity contribution in [3.63, 3.8) is 0 Å². The summed E-state index contributed by atoms with van der Waals surface area (Å²) in [5.41, 5.74) is 3.60. The monoisotopic (exact) mass is 298 g/mol. The fraction of sp³-hybridized carbons (Fsp3) is 0.444. The van der Waals surface area contributed by atoms with Crippen molar-refractivity contribution in [2.24, 2.45) is 5.92 Å². The third kappa shape index (κ3) is 4.45. The Morgan fingerprint density at radius 1 is 1.05 bits per heavy atom. The molecule has 4 nitrogen and oxygen atoms in total. The maximum absolute atomic E-state index is 4.48. The lowest BCUT2D eigenvalue weighted by atomic mass is 10.1. The van der Waals surface area contributed by atoms with Crippen molar-refractivity contribution < 1.29 is 0 Å². The number of aromatic nitrogens is 2. The summed E-state index contributed by atoms with van der Waals surface area (Å²) < 4.78 is 0. The number of benzene rings is 1. The van der Waals surface area contributed by atoms with Gasteiger partial charge in [0.15, 0.2) is 0 Å². The first-order valence-electron chi connectivity index (χ1n) is 7.88. The molecule has 0 saturated heterocycles. The summed E-state index contributed by atoms with van der Waals surface area (Å²) in [5.74, 6) is 3.15. The van der Waals surface area contributed by atoms with Crippen LogP contribution in [0, 0.1) is 26.7 Å². The molecule has 0 bridgehead atoms. The van der Waals surface area contributed by atoms with E-state index in [2.05, 4.69) is 66.5 Å². The Morgan fingerprint density at radius 3 is 2.50 bits per heavy atom. The van der Waals surface area contributed by atoms with E-state index in [1.54, 1.807) is 0 Å². The van der Waals surface area contributed by atoms with Crippen molar-refractivity contribution in [1.29, 1.82) is 0 Å². The van der Waals surface area contributed by atoms with E-state index in [4.69, 9.17) is 0 Å². The summed E-state index contributed by atoms with van der Waals surface area (Å²) in [6, 6.07) is 8.21. The molecule has 1 aromatic carbocycles. The normalized spacial score (nSPS) is 10.8. The van der Waals surface area contributed by atoms with Crippen LogP contribution in [0.5, 0.6) is 0 Å². The van der Waals surface area contributed by atoms with E-state index in [1.807, 2.05) is 13.0 Å². The highest BCUT2D eigenvalue weighted by Crippen LogP contribution is 2.23. The highest BCUT2D eigenvalue weighted by molar-refractivity contribution is 5.63. The molecule has 0 unspecified atom stereocenters. The Bertz CT molecular complexity index is 635. The van der Waals surface area contributed by atoms with Gasteiger partial charge in [-0.25, -0.2) is 9.97 Å². The third-order valence-electron chi connectivity index (χ3n) is 3.73. The SMILES string of the molecule is Cc1nc(NCCC(C)C)cc(Nc2cccc(C)c2C)n1. The van der Waals surface area contributed by atoms with E-state index in [0.29, 0.717) is 5.92 Å². The first-order chi connectivity index (χ1) is 10.5. The lowest BCUT2D eigenvalue weighted by Crippen LogP contribution is -2.08. The summed E-state index contributed by atoms with van der Waals surface area (Å²) in [6.45, 7) is 11.5. The van der Waals surface area contributed by atoms with Crippen LogP contribution in [0.25, 0.3) is 0 Å². The predicted octanol–water partition coefficient (Wildman–Crippen LogP) is 4.60. The van der Waals surface area contributed by atoms with Crippen molar-refractivity contribution in [2.75, 3.05) is 17.2 Å². The smallest absolute Gasteiger partial charge is 0.136 e. The van der Waals surface area contributed by atoms with Gasteiger partial charge in [-0.15, -0.1) is 0 Å². The first kappa shape index (κ1) is 16.3. The largest absolute Gasteiger partial charge is 0.370 e. The number of anilines is 3. The van der Waals surface area contributed by atoms with Gasteiger partial charge in [-0.05, 0) is 50.3 Å². The highest BCUT2D eigenvalue weighted by atomic mass is 15.1. The average molecular weight is 298 g/mol. The maximum Gasteiger partial charge on any atom is 0.136 e. The van der Waals surface area contributed by atoms with Crippen molar-refractivity contribution in [1.82, 2.24) is 9.97 Å². The van der Waals surface area contributed by atoms with Crippen LogP contribution in [-0.4, -0.2) is 16.5 Å². The average Bonchev–Trinajstić information content (AvgIpc) is 2.43. The second-order valence-electron chi connectivity index (χ2n) is 6.17. The predicted molar refractivity (Wildman–Crippen MR) is 93.9 cm³/mol. The van der Waals surface area contributed by atoms with Crippen LogP contribution in [0.1, 0.15) is 37.2 Å². The summed E-state index contributed by atoms with van der Waals surface area (Å²) in [7, 11) is 0. The van der Waals surface area contributed by atoms with Gasteiger partial charge in [-0.3, -0.25) is 0 Å². The Kier molecular flexibility index (Phi) is 5.36. The first-order valence-corrected chi connectivity index (χ1v) is 7.88. The standard InChI is InChI=1S/C18H26N4/c1-12(2)9-10-19-17-11-18(21-15(5)20-17)22-16-8-6-7-13(3)14(16)4/h6-8,11-12H,9-10H2,1-5H3,(H2,19,20,21,22). The molecular formula is C18H26N4. The van der Waals surface area contributed by atoms with E-state index in [0.717, 1.165) is 36.1 Å². The van der Waals surface area contributed by atoms with E-state index >= 15 is 0 Å². The van der Waals surface area contributed by atoms with Crippen LogP contribution in [0.15, 0.2) is 24.3 Å². The van der Waals surface area contributed by atoms with Crippen molar-refractivity contribution in [2.45, 2.75) is 41.0 Å². The van der Waals surface area contributed by atoms with Gasteiger partial charge >= 0.3 is 0 Å². The van der Waals surface area contributed by atoms with E-state index in [1.165, 1.54) is 11.1 Å². The van der Waals surface area contributed by atoms with E-state index in [9.17, 15) is 0 Å². The Labute approximate surface area is 133 Å². The number of hydrogen-bond acceptors (Lipinski definition) is 4. The van der Waals surface area contributed by atoms with Gasteiger partial charge < -0.3 is 10.6 Å². The zero-order valence-corrected chi connectivity index (χ0v) is 14.2. The molecule has 4 heteroatoms. The van der Waals surface area contributed by atoms with Crippen molar-refractivity contribution >= 4 is 17.3 Å². The fourth-order valence-electron chi connectivity index (χ4n) is 2.24. The molecule has 22 heavy (non-hydrogen) atoms. The molecule has 0 atom stereocenters. The fourth-order valence-corrected chi connectivity index (χ4v) is 2.24. The maximum atomic E-state index is 4.48. The number of hydrogen-bond donors (Lipinski definition) is 2. The topological polar surface area (TPSA) is 49.8 Å². The van der Waals surface area contributed by atoms with Crippen LogP contribution in [0.2, 0.25) is 0 Å². The molecule has 0 saturated carbocycles. The minimum absolute atomic E-state index is 0.683. The van der Waals surface area contributed by atoms with Gasteiger partial charge in [-0.1, -0.05) is 26.0 Å². The number of nitrogens with one attached hydrogen (secondary N) is 2. The van der Waals surface area contributed by atoms with Crippen LogP contribution in [-0.2, 0) is 0 Å². The summed E-state index contributed by atoms with van der Waals surface area (Å²) >= 11 is 0. The molecule has 2 N–H and O–H groups in total. The Balaban J connectivity index is 2.14.